The Morgan fingerprint density at radius 3 is 1.95 bits per heavy atom. The number of aliphatic hydroxyl groups excluding tert-OH is 1. The van der Waals surface area contributed by atoms with Gasteiger partial charge in [0.2, 0.25) is 5.91 Å². The second-order valence-corrected chi connectivity index (χ2v) is 5.46. The summed E-state index contributed by atoms with van der Waals surface area (Å²) in [6.07, 6.45) is 12.8. The molecule has 0 bridgehead atoms. The number of primary amides is 1. The zero-order valence-electron chi connectivity index (χ0n) is 13.1. The van der Waals surface area contributed by atoms with Crippen molar-refractivity contribution in [3.8, 4) is 0 Å². The number of ether oxygens (including phenoxy) is 1. The maximum atomic E-state index is 11.1. The molecule has 1 unspecified atom stereocenters. The predicted octanol–water partition coefficient (Wildman–Crippen LogP) is 3.16. The highest BCUT2D eigenvalue weighted by Gasteiger charge is 2.14. The number of aliphatic hydroxyl groups is 1. The topological polar surface area (TPSA) is 72.6 Å². The lowest BCUT2D eigenvalue weighted by Gasteiger charge is -2.13. The average molecular weight is 287 g/mol. The molecule has 0 aliphatic heterocycles. The number of carbonyl (C=O) groups is 1. The first-order valence-electron chi connectivity index (χ1n) is 8.24. The fraction of sp³-hybridized carbons (Fsp3) is 0.938. The summed E-state index contributed by atoms with van der Waals surface area (Å²) in [6.45, 7) is 2.36. The lowest BCUT2D eigenvalue weighted by Crippen LogP contribution is -2.32. The summed E-state index contributed by atoms with van der Waals surface area (Å²) >= 11 is 0. The summed E-state index contributed by atoms with van der Waals surface area (Å²) in [7, 11) is 0. The summed E-state index contributed by atoms with van der Waals surface area (Å²) in [5.41, 5.74) is 5.25. The molecule has 1 atom stereocenters. The smallest absolute Gasteiger partial charge is 0.246 e. The van der Waals surface area contributed by atoms with E-state index in [1.165, 1.54) is 51.4 Å². The van der Waals surface area contributed by atoms with Crippen molar-refractivity contribution in [3.63, 3.8) is 0 Å². The Balaban J connectivity index is 3.34. The zero-order chi connectivity index (χ0) is 15.1. The van der Waals surface area contributed by atoms with Crippen LogP contribution < -0.4 is 5.73 Å². The van der Waals surface area contributed by atoms with E-state index in [2.05, 4.69) is 6.92 Å². The maximum Gasteiger partial charge on any atom is 0.246 e. The Morgan fingerprint density at radius 1 is 1.00 bits per heavy atom. The Kier molecular flexibility index (Phi) is 14.3. The van der Waals surface area contributed by atoms with Gasteiger partial charge in [-0.25, -0.2) is 0 Å². The molecule has 3 N–H and O–H groups in total. The summed E-state index contributed by atoms with van der Waals surface area (Å²) in [5, 5.41) is 8.67. The molecule has 0 radical (unpaired) electrons. The lowest BCUT2D eigenvalue weighted by molar-refractivity contribution is -0.130. The lowest BCUT2D eigenvalue weighted by atomic mass is 10.0. The molecule has 0 aliphatic carbocycles. The molecule has 0 aliphatic rings. The predicted molar refractivity (Wildman–Crippen MR) is 82.5 cm³/mol. The second kappa shape index (κ2) is 14.8. The number of rotatable bonds is 15. The number of nitrogens with two attached hydrogens (primary N) is 1. The van der Waals surface area contributed by atoms with Crippen LogP contribution in [-0.4, -0.2) is 30.3 Å². The van der Waals surface area contributed by atoms with E-state index in [0.29, 0.717) is 6.42 Å². The third kappa shape index (κ3) is 12.4. The monoisotopic (exact) mass is 287 g/mol. The molecule has 0 aromatic rings. The van der Waals surface area contributed by atoms with Crippen molar-refractivity contribution in [2.45, 2.75) is 83.7 Å². The summed E-state index contributed by atoms with van der Waals surface area (Å²) in [6, 6.07) is 0. The molecular formula is C16H33NO3. The fourth-order valence-electron chi connectivity index (χ4n) is 2.32. The molecular weight excluding hydrogens is 254 g/mol. The van der Waals surface area contributed by atoms with Gasteiger partial charge >= 0.3 is 0 Å². The third-order valence-electron chi connectivity index (χ3n) is 3.55. The normalized spacial score (nSPS) is 12.5. The molecule has 0 saturated heterocycles. The molecule has 1 amide bonds. The van der Waals surface area contributed by atoms with Crippen LogP contribution >= 0.6 is 0 Å². The number of carbonyl (C=O) groups excluding carboxylic acids is 1. The molecule has 0 rings (SSSR count). The third-order valence-corrected chi connectivity index (χ3v) is 3.55. The van der Waals surface area contributed by atoms with Gasteiger partial charge < -0.3 is 15.6 Å². The molecule has 0 spiro atoms. The van der Waals surface area contributed by atoms with Crippen LogP contribution in [0.2, 0.25) is 0 Å². The van der Waals surface area contributed by atoms with Gasteiger partial charge in [0.05, 0.1) is 13.2 Å². The number of amides is 1. The van der Waals surface area contributed by atoms with E-state index in [4.69, 9.17) is 15.6 Å². The van der Waals surface area contributed by atoms with Crippen LogP contribution in [0.25, 0.3) is 0 Å². The van der Waals surface area contributed by atoms with Crippen molar-refractivity contribution in [3.05, 3.63) is 0 Å². The van der Waals surface area contributed by atoms with Gasteiger partial charge in [-0.3, -0.25) is 4.79 Å². The van der Waals surface area contributed by atoms with Crippen molar-refractivity contribution < 1.29 is 14.6 Å². The zero-order valence-corrected chi connectivity index (χ0v) is 13.1. The van der Waals surface area contributed by atoms with Gasteiger partial charge in [0, 0.05) is 0 Å². The van der Waals surface area contributed by atoms with Crippen molar-refractivity contribution in [2.75, 3.05) is 13.2 Å². The van der Waals surface area contributed by atoms with Gasteiger partial charge in [-0.05, 0) is 6.42 Å². The van der Waals surface area contributed by atoms with Gasteiger partial charge in [0.25, 0.3) is 0 Å². The maximum absolute atomic E-state index is 11.1. The molecule has 0 heterocycles. The van der Waals surface area contributed by atoms with Gasteiger partial charge in [-0.15, -0.1) is 0 Å². The highest BCUT2D eigenvalue weighted by atomic mass is 16.5. The summed E-state index contributed by atoms with van der Waals surface area (Å²) in [4.78, 5) is 11.1. The first-order valence-corrected chi connectivity index (χ1v) is 8.24. The van der Waals surface area contributed by atoms with Gasteiger partial charge in [-0.2, -0.15) is 0 Å². The molecule has 0 fully saturated rings. The first kappa shape index (κ1) is 19.4. The fourth-order valence-corrected chi connectivity index (χ4v) is 2.32. The van der Waals surface area contributed by atoms with Gasteiger partial charge in [0.1, 0.15) is 6.10 Å². The molecule has 120 valence electrons. The molecule has 4 nitrogen and oxygen atoms in total. The first-order chi connectivity index (χ1) is 9.72. The standard InChI is InChI=1S/C16H33NO3/c1-2-3-4-5-6-7-8-9-10-11-12-15(16(17)19)20-14-13-18/h15,18H,2-14H2,1H3,(H2,17,19). The molecule has 0 aromatic carbocycles. The van der Waals surface area contributed by atoms with Crippen molar-refractivity contribution >= 4 is 5.91 Å². The van der Waals surface area contributed by atoms with Crippen LogP contribution in [0, 0.1) is 0 Å². The number of hydrogen-bond acceptors (Lipinski definition) is 3. The van der Waals surface area contributed by atoms with E-state index in [0.717, 1.165) is 12.8 Å². The number of hydrogen-bond donors (Lipinski definition) is 2. The van der Waals surface area contributed by atoms with Crippen LogP contribution in [0.1, 0.15) is 77.6 Å². The largest absolute Gasteiger partial charge is 0.394 e. The van der Waals surface area contributed by atoms with Crippen LogP contribution in [0.4, 0.5) is 0 Å². The molecule has 0 saturated carbocycles. The van der Waals surface area contributed by atoms with E-state index < -0.39 is 12.0 Å². The summed E-state index contributed by atoms with van der Waals surface area (Å²) in [5.74, 6) is -0.422. The van der Waals surface area contributed by atoms with E-state index >= 15 is 0 Å². The van der Waals surface area contributed by atoms with E-state index in [1.54, 1.807) is 0 Å². The molecule has 4 heteroatoms. The van der Waals surface area contributed by atoms with Gasteiger partial charge in [-0.1, -0.05) is 71.1 Å². The van der Waals surface area contributed by atoms with E-state index in [9.17, 15) is 4.79 Å². The molecule has 0 aromatic heterocycles. The van der Waals surface area contributed by atoms with Crippen LogP contribution in [-0.2, 0) is 9.53 Å². The van der Waals surface area contributed by atoms with Crippen molar-refractivity contribution in [1.82, 2.24) is 0 Å². The van der Waals surface area contributed by atoms with E-state index in [-0.39, 0.29) is 13.2 Å². The van der Waals surface area contributed by atoms with Crippen LogP contribution in [0.5, 0.6) is 0 Å². The highest BCUT2D eigenvalue weighted by Crippen LogP contribution is 2.12. The number of unbranched alkanes of at least 4 members (excludes halogenated alkanes) is 9. The average Bonchev–Trinajstić information content (AvgIpc) is 2.43. The van der Waals surface area contributed by atoms with Crippen LogP contribution in [0.3, 0.4) is 0 Å². The van der Waals surface area contributed by atoms with Crippen molar-refractivity contribution in [2.24, 2.45) is 5.73 Å². The van der Waals surface area contributed by atoms with Gasteiger partial charge in [0.15, 0.2) is 0 Å². The Bertz CT molecular complexity index is 222. The SMILES string of the molecule is CCCCCCCCCCCCC(OCCO)C(N)=O. The van der Waals surface area contributed by atoms with E-state index in [1.807, 2.05) is 0 Å². The Morgan fingerprint density at radius 2 is 1.50 bits per heavy atom. The quantitative estimate of drug-likeness (QED) is 0.454. The highest BCUT2D eigenvalue weighted by molar-refractivity contribution is 5.78. The Labute approximate surface area is 124 Å². The Hall–Kier alpha value is -0.610. The summed E-state index contributed by atoms with van der Waals surface area (Å²) < 4.78 is 5.21. The minimum Gasteiger partial charge on any atom is -0.394 e. The second-order valence-electron chi connectivity index (χ2n) is 5.46. The minimum absolute atomic E-state index is 0.0676. The molecule has 20 heavy (non-hydrogen) atoms. The van der Waals surface area contributed by atoms with Crippen LogP contribution in [0.15, 0.2) is 0 Å². The minimum atomic E-state index is -0.531. The van der Waals surface area contributed by atoms with Crippen molar-refractivity contribution in [1.29, 1.82) is 0 Å².